The van der Waals surface area contributed by atoms with Crippen molar-refractivity contribution in [3.63, 3.8) is 0 Å². The van der Waals surface area contributed by atoms with E-state index in [1.807, 2.05) is 36.5 Å². The first-order valence-corrected chi connectivity index (χ1v) is 11.6. The molecular formula is C26H35N3O2. The number of hydrogen-bond acceptors (Lipinski definition) is 4. The molecule has 166 valence electrons. The molecule has 1 fully saturated rings. The van der Waals surface area contributed by atoms with E-state index in [9.17, 15) is 4.79 Å². The Labute approximate surface area is 186 Å². The summed E-state index contributed by atoms with van der Waals surface area (Å²) in [6, 6.07) is 10.5. The van der Waals surface area contributed by atoms with Crippen LogP contribution in [0.1, 0.15) is 48.8 Å². The molecule has 4 rings (SSSR count). The molecule has 1 saturated heterocycles. The maximum atomic E-state index is 13.5. The Morgan fingerprint density at radius 1 is 1.06 bits per heavy atom. The molecule has 5 nitrogen and oxygen atoms in total. The summed E-state index contributed by atoms with van der Waals surface area (Å²) in [7, 11) is 1.94. The number of fused-ring (bicyclic) bond motifs is 1. The number of aryl methyl sites for hydroxylation is 2. The van der Waals surface area contributed by atoms with E-state index < -0.39 is 0 Å². The minimum atomic E-state index is -0.227. The zero-order valence-corrected chi connectivity index (χ0v) is 19.0. The quantitative estimate of drug-likeness (QED) is 0.728. The number of likely N-dealkylation sites (tertiary alicyclic amines) is 1. The van der Waals surface area contributed by atoms with Crippen LogP contribution in [0.4, 0.5) is 0 Å². The summed E-state index contributed by atoms with van der Waals surface area (Å²) < 4.78 is 6.04. The van der Waals surface area contributed by atoms with Gasteiger partial charge in [0, 0.05) is 26.0 Å². The highest BCUT2D eigenvalue weighted by molar-refractivity contribution is 5.82. The highest BCUT2D eigenvalue weighted by Crippen LogP contribution is 2.39. The van der Waals surface area contributed by atoms with Gasteiger partial charge in [-0.1, -0.05) is 30.7 Å². The lowest BCUT2D eigenvalue weighted by atomic mass is 9.73. The number of para-hydroxylation sites is 1. The summed E-state index contributed by atoms with van der Waals surface area (Å²) in [4.78, 5) is 22.2. The second kappa shape index (κ2) is 9.82. The van der Waals surface area contributed by atoms with E-state index in [0.717, 1.165) is 63.9 Å². The van der Waals surface area contributed by atoms with E-state index in [1.165, 1.54) is 16.7 Å². The number of likely N-dealkylation sites (N-methyl/N-ethyl adjacent to an activating group) is 1. The number of pyridine rings is 1. The topological polar surface area (TPSA) is 45.7 Å². The van der Waals surface area contributed by atoms with Gasteiger partial charge in [0.15, 0.2) is 0 Å². The summed E-state index contributed by atoms with van der Waals surface area (Å²) in [5.74, 6) is 1.28. The van der Waals surface area contributed by atoms with Gasteiger partial charge in [0.2, 0.25) is 5.91 Å². The molecule has 1 aromatic carbocycles. The fourth-order valence-corrected chi connectivity index (χ4v) is 5.10. The predicted octanol–water partition coefficient (Wildman–Crippen LogP) is 4.24. The highest BCUT2D eigenvalue weighted by atomic mass is 16.5. The maximum Gasteiger partial charge on any atom is 0.228 e. The van der Waals surface area contributed by atoms with Gasteiger partial charge in [0.05, 0.1) is 12.0 Å². The number of rotatable bonds is 2. The molecule has 1 aromatic heterocycles. The van der Waals surface area contributed by atoms with E-state index in [4.69, 9.17) is 4.74 Å². The van der Waals surface area contributed by atoms with Gasteiger partial charge in [0.1, 0.15) is 12.4 Å². The summed E-state index contributed by atoms with van der Waals surface area (Å²) in [6.45, 7) is 6.11. The Kier molecular flexibility index (Phi) is 6.91. The van der Waals surface area contributed by atoms with Crippen molar-refractivity contribution in [2.24, 2.45) is 5.41 Å². The molecule has 31 heavy (non-hydrogen) atoms. The van der Waals surface area contributed by atoms with Crippen molar-refractivity contribution in [3.8, 4) is 5.75 Å². The SMILES string of the molecule is Cc1cncc(CN2CCC3(CCCCc4ccccc4OCCN(C)C3=O)CC2)c1. The lowest BCUT2D eigenvalue weighted by Gasteiger charge is -2.43. The zero-order valence-electron chi connectivity index (χ0n) is 19.0. The van der Waals surface area contributed by atoms with E-state index in [2.05, 4.69) is 35.0 Å². The largest absolute Gasteiger partial charge is 0.491 e. The molecular weight excluding hydrogens is 386 g/mol. The molecule has 2 aliphatic rings. The number of amides is 1. The Morgan fingerprint density at radius 3 is 2.68 bits per heavy atom. The van der Waals surface area contributed by atoms with Crippen LogP contribution in [0, 0.1) is 12.3 Å². The molecule has 0 N–H and O–H groups in total. The van der Waals surface area contributed by atoms with Crippen LogP contribution >= 0.6 is 0 Å². The monoisotopic (exact) mass is 421 g/mol. The Hall–Kier alpha value is -2.40. The zero-order chi connectivity index (χ0) is 21.7. The summed E-state index contributed by atoms with van der Waals surface area (Å²) in [5, 5.41) is 0. The van der Waals surface area contributed by atoms with Crippen LogP contribution in [0.15, 0.2) is 42.7 Å². The van der Waals surface area contributed by atoms with E-state index >= 15 is 0 Å². The van der Waals surface area contributed by atoms with Gasteiger partial charge in [-0.15, -0.1) is 0 Å². The molecule has 0 atom stereocenters. The number of aromatic nitrogens is 1. The van der Waals surface area contributed by atoms with Crippen molar-refractivity contribution in [2.45, 2.75) is 52.0 Å². The van der Waals surface area contributed by atoms with Crippen molar-refractivity contribution in [2.75, 3.05) is 33.3 Å². The van der Waals surface area contributed by atoms with Gasteiger partial charge in [-0.2, -0.15) is 0 Å². The normalized spacial score (nSPS) is 20.5. The Morgan fingerprint density at radius 2 is 1.87 bits per heavy atom. The van der Waals surface area contributed by atoms with Crippen LogP contribution in [0.5, 0.6) is 5.75 Å². The highest BCUT2D eigenvalue weighted by Gasteiger charge is 2.42. The third kappa shape index (κ3) is 5.27. The molecule has 5 heteroatoms. The van der Waals surface area contributed by atoms with Gasteiger partial charge in [-0.25, -0.2) is 0 Å². The Bertz CT molecular complexity index is 890. The number of benzene rings is 1. The van der Waals surface area contributed by atoms with Gasteiger partial charge in [-0.05, 0) is 74.9 Å². The second-order valence-electron chi connectivity index (χ2n) is 9.32. The number of carbonyl (C=O) groups excluding carboxylic acids is 1. The van der Waals surface area contributed by atoms with Crippen molar-refractivity contribution in [3.05, 3.63) is 59.4 Å². The van der Waals surface area contributed by atoms with Crippen molar-refractivity contribution >= 4 is 5.91 Å². The van der Waals surface area contributed by atoms with Crippen LogP contribution < -0.4 is 4.74 Å². The van der Waals surface area contributed by atoms with Crippen molar-refractivity contribution in [1.82, 2.24) is 14.8 Å². The lowest BCUT2D eigenvalue weighted by Crippen LogP contribution is -2.50. The number of nitrogens with zero attached hydrogens (tertiary/aromatic N) is 3. The molecule has 0 saturated carbocycles. The van der Waals surface area contributed by atoms with Gasteiger partial charge >= 0.3 is 0 Å². The van der Waals surface area contributed by atoms with E-state index in [-0.39, 0.29) is 5.41 Å². The average molecular weight is 422 g/mol. The number of ether oxygens (including phenoxy) is 1. The standard InChI is InChI=1S/C26H35N3O2/c1-21-17-22(19-27-18-21)20-29-13-11-26(12-14-29)10-6-5-8-23-7-3-4-9-24(23)31-16-15-28(2)25(26)30/h3-4,7,9,17-19H,5-6,8,10-16,20H2,1-2H3. The number of carbonyl (C=O) groups is 1. The summed E-state index contributed by atoms with van der Waals surface area (Å²) in [6.07, 6.45) is 9.91. The molecule has 0 bridgehead atoms. The van der Waals surface area contributed by atoms with E-state index in [0.29, 0.717) is 19.1 Å². The van der Waals surface area contributed by atoms with Crippen LogP contribution in [0.3, 0.4) is 0 Å². The summed E-state index contributed by atoms with van der Waals surface area (Å²) in [5.41, 5.74) is 3.52. The molecule has 0 radical (unpaired) electrons. The molecule has 1 spiro atoms. The fraction of sp³-hybridized carbons (Fsp3) is 0.538. The molecule has 2 aliphatic heterocycles. The lowest BCUT2D eigenvalue weighted by molar-refractivity contribution is -0.145. The first kappa shape index (κ1) is 21.8. The maximum absolute atomic E-state index is 13.5. The van der Waals surface area contributed by atoms with Gasteiger partial charge in [-0.3, -0.25) is 14.7 Å². The van der Waals surface area contributed by atoms with Crippen molar-refractivity contribution in [1.29, 1.82) is 0 Å². The fourth-order valence-electron chi connectivity index (χ4n) is 5.10. The van der Waals surface area contributed by atoms with E-state index in [1.54, 1.807) is 0 Å². The number of hydrogen-bond donors (Lipinski definition) is 0. The summed E-state index contributed by atoms with van der Waals surface area (Å²) >= 11 is 0. The first-order valence-electron chi connectivity index (χ1n) is 11.6. The predicted molar refractivity (Wildman–Crippen MR) is 123 cm³/mol. The molecule has 0 unspecified atom stereocenters. The van der Waals surface area contributed by atoms with Gasteiger partial charge in [0.25, 0.3) is 0 Å². The Balaban J connectivity index is 1.42. The molecule has 1 amide bonds. The van der Waals surface area contributed by atoms with Crippen molar-refractivity contribution < 1.29 is 9.53 Å². The average Bonchev–Trinajstić information content (AvgIpc) is 2.77. The van der Waals surface area contributed by atoms with Crippen LogP contribution in [0.2, 0.25) is 0 Å². The van der Waals surface area contributed by atoms with Crippen LogP contribution in [-0.4, -0.2) is 54.0 Å². The molecule has 3 heterocycles. The third-order valence-electron chi connectivity index (χ3n) is 6.96. The van der Waals surface area contributed by atoms with Crippen LogP contribution in [0.25, 0.3) is 0 Å². The minimum Gasteiger partial charge on any atom is -0.491 e. The third-order valence-corrected chi connectivity index (χ3v) is 6.96. The minimum absolute atomic E-state index is 0.227. The first-order chi connectivity index (χ1) is 15.1. The second-order valence-corrected chi connectivity index (χ2v) is 9.32. The molecule has 2 aromatic rings. The van der Waals surface area contributed by atoms with Gasteiger partial charge < -0.3 is 9.64 Å². The number of piperidine rings is 1. The van der Waals surface area contributed by atoms with Crippen LogP contribution in [-0.2, 0) is 17.8 Å². The smallest absolute Gasteiger partial charge is 0.228 e. The molecule has 0 aliphatic carbocycles.